The Morgan fingerprint density at radius 1 is 1.25 bits per heavy atom. The summed E-state index contributed by atoms with van der Waals surface area (Å²) in [5, 5.41) is 0. The van der Waals surface area contributed by atoms with Gasteiger partial charge in [0, 0.05) is 6.42 Å². The third kappa shape index (κ3) is 5.94. The van der Waals surface area contributed by atoms with Gasteiger partial charge in [-0.05, 0) is 25.3 Å². The monoisotopic (exact) mass is 224 g/mol. The second-order valence-corrected chi connectivity index (χ2v) is 4.55. The van der Waals surface area contributed by atoms with Crippen molar-refractivity contribution in [3.05, 3.63) is 12.2 Å². The van der Waals surface area contributed by atoms with E-state index in [1.807, 2.05) is 0 Å². The van der Waals surface area contributed by atoms with Crippen LogP contribution in [0.1, 0.15) is 64.7 Å². The lowest BCUT2D eigenvalue weighted by atomic mass is 10.1. The zero-order chi connectivity index (χ0) is 11.6. The minimum atomic E-state index is -0.0470. The SMILES string of the molecule is CCCCCCCCC=CC1CCC(=O)O1. The molecule has 0 spiro atoms. The first-order chi connectivity index (χ1) is 7.83. The van der Waals surface area contributed by atoms with Crippen LogP contribution in [0.15, 0.2) is 12.2 Å². The molecule has 0 amide bonds. The lowest BCUT2D eigenvalue weighted by Gasteiger charge is -2.01. The average molecular weight is 224 g/mol. The van der Waals surface area contributed by atoms with Gasteiger partial charge in [-0.1, -0.05) is 45.1 Å². The van der Waals surface area contributed by atoms with Crippen molar-refractivity contribution in [3.63, 3.8) is 0 Å². The molecule has 1 atom stereocenters. The summed E-state index contributed by atoms with van der Waals surface area (Å²) >= 11 is 0. The van der Waals surface area contributed by atoms with E-state index in [0.717, 1.165) is 12.8 Å². The molecular formula is C14H24O2. The van der Waals surface area contributed by atoms with E-state index >= 15 is 0 Å². The molecule has 0 saturated carbocycles. The molecule has 0 aromatic rings. The van der Waals surface area contributed by atoms with Gasteiger partial charge < -0.3 is 4.74 Å². The molecule has 16 heavy (non-hydrogen) atoms. The van der Waals surface area contributed by atoms with E-state index in [2.05, 4.69) is 19.1 Å². The number of hydrogen-bond donors (Lipinski definition) is 0. The molecule has 92 valence electrons. The van der Waals surface area contributed by atoms with Gasteiger partial charge in [0.15, 0.2) is 0 Å². The smallest absolute Gasteiger partial charge is 0.306 e. The summed E-state index contributed by atoms with van der Waals surface area (Å²) in [6, 6.07) is 0. The second-order valence-electron chi connectivity index (χ2n) is 4.55. The molecule has 1 heterocycles. The summed E-state index contributed by atoms with van der Waals surface area (Å²) in [6.45, 7) is 2.24. The standard InChI is InChI=1S/C14H24O2/c1-2-3-4-5-6-7-8-9-10-13-11-12-14(15)16-13/h9-10,13H,2-8,11-12H2,1H3. The fourth-order valence-corrected chi connectivity index (χ4v) is 1.97. The molecule has 1 unspecified atom stereocenters. The molecular weight excluding hydrogens is 200 g/mol. The third-order valence-electron chi connectivity index (χ3n) is 2.99. The minimum absolute atomic E-state index is 0.0470. The molecule has 0 radical (unpaired) electrons. The summed E-state index contributed by atoms with van der Waals surface area (Å²) in [6.07, 6.45) is 14.9. The minimum Gasteiger partial charge on any atom is -0.458 e. The molecule has 2 heteroatoms. The van der Waals surface area contributed by atoms with Gasteiger partial charge >= 0.3 is 5.97 Å². The predicted octanol–water partition coefficient (Wildman–Crippen LogP) is 4.00. The number of carbonyl (C=O) groups is 1. The van der Waals surface area contributed by atoms with Crippen LogP contribution in [0.4, 0.5) is 0 Å². The van der Waals surface area contributed by atoms with Crippen LogP contribution in [0.2, 0.25) is 0 Å². The molecule has 0 aromatic carbocycles. The number of allylic oxidation sites excluding steroid dienone is 1. The molecule has 0 N–H and O–H groups in total. The van der Waals surface area contributed by atoms with Gasteiger partial charge in [-0.15, -0.1) is 0 Å². The Hall–Kier alpha value is -0.790. The predicted molar refractivity (Wildman–Crippen MR) is 66.2 cm³/mol. The molecule has 0 aliphatic carbocycles. The fourth-order valence-electron chi connectivity index (χ4n) is 1.97. The lowest BCUT2D eigenvalue weighted by Crippen LogP contribution is -2.01. The zero-order valence-corrected chi connectivity index (χ0v) is 10.4. The third-order valence-corrected chi connectivity index (χ3v) is 2.99. The van der Waals surface area contributed by atoms with E-state index in [1.54, 1.807) is 0 Å². The summed E-state index contributed by atoms with van der Waals surface area (Å²) < 4.78 is 5.10. The molecule has 0 bridgehead atoms. The van der Waals surface area contributed by atoms with Gasteiger partial charge in [-0.3, -0.25) is 4.79 Å². The number of rotatable bonds is 8. The van der Waals surface area contributed by atoms with Crippen molar-refractivity contribution in [1.29, 1.82) is 0 Å². The van der Waals surface area contributed by atoms with E-state index in [4.69, 9.17) is 4.74 Å². The van der Waals surface area contributed by atoms with Crippen LogP contribution >= 0.6 is 0 Å². The summed E-state index contributed by atoms with van der Waals surface area (Å²) in [4.78, 5) is 10.8. The molecule has 1 fully saturated rings. The maximum atomic E-state index is 10.8. The van der Waals surface area contributed by atoms with Gasteiger partial charge in [0.1, 0.15) is 6.10 Å². The normalized spacial score (nSPS) is 20.6. The van der Waals surface area contributed by atoms with Crippen LogP contribution in [0.25, 0.3) is 0 Å². The van der Waals surface area contributed by atoms with Crippen LogP contribution in [-0.2, 0) is 9.53 Å². The van der Waals surface area contributed by atoms with Crippen molar-refractivity contribution in [2.24, 2.45) is 0 Å². The molecule has 1 rings (SSSR count). The average Bonchev–Trinajstić information content (AvgIpc) is 2.68. The quantitative estimate of drug-likeness (QED) is 0.354. The first-order valence-electron chi connectivity index (χ1n) is 6.69. The number of esters is 1. The first-order valence-corrected chi connectivity index (χ1v) is 6.69. The van der Waals surface area contributed by atoms with E-state index in [1.165, 1.54) is 38.5 Å². The highest BCUT2D eigenvalue weighted by molar-refractivity contribution is 5.71. The van der Waals surface area contributed by atoms with Gasteiger partial charge in [0.2, 0.25) is 0 Å². The van der Waals surface area contributed by atoms with Gasteiger partial charge in [0.25, 0.3) is 0 Å². The van der Waals surface area contributed by atoms with E-state index in [-0.39, 0.29) is 12.1 Å². The van der Waals surface area contributed by atoms with Crippen molar-refractivity contribution in [3.8, 4) is 0 Å². The largest absolute Gasteiger partial charge is 0.458 e. The topological polar surface area (TPSA) is 26.3 Å². The Labute approximate surface area is 99.1 Å². The Morgan fingerprint density at radius 2 is 2.00 bits per heavy atom. The molecule has 1 aliphatic heterocycles. The van der Waals surface area contributed by atoms with Gasteiger partial charge in [-0.2, -0.15) is 0 Å². The highest BCUT2D eigenvalue weighted by Gasteiger charge is 2.19. The highest BCUT2D eigenvalue weighted by atomic mass is 16.5. The number of ether oxygens (including phenoxy) is 1. The fraction of sp³-hybridized carbons (Fsp3) is 0.786. The summed E-state index contributed by atoms with van der Waals surface area (Å²) in [7, 11) is 0. The van der Waals surface area contributed by atoms with E-state index in [9.17, 15) is 4.79 Å². The van der Waals surface area contributed by atoms with Crippen molar-refractivity contribution in [1.82, 2.24) is 0 Å². The van der Waals surface area contributed by atoms with Crippen molar-refractivity contribution in [2.75, 3.05) is 0 Å². The van der Waals surface area contributed by atoms with Crippen LogP contribution in [0, 0.1) is 0 Å². The van der Waals surface area contributed by atoms with Crippen molar-refractivity contribution in [2.45, 2.75) is 70.8 Å². The Bertz CT molecular complexity index is 221. The van der Waals surface area contributed by atoms with Crippen LogP contribution < -0.4 is 0 Å². The molecule has 1 saturated heterocycles. The van der Waals surface area contributed by atoms with Crippen molar-refractivity contribution < 1.29 is 9.53 Å². The molecule has 0 aromatic heterocycles. The number of carbonyl (C=O) groups excluding carboxylic acids is 1. The van der Waals surface area contributed by atoms with Crippen LogP contribution in [0.5, 0.6) is 0 Å². The van der Waals surface area contributed by atoms with E-state index < -0.39 is 0 Å². The Kier molecular flexibility index (Phi) is 6.95. The first kappa shape index (κ1) is 13.3. The maximum absolute atomic E-state index is 10.8. The number of hydrogen-bond acceptors (Lipinski definition) is 2. The summed E-state index contributed by atoms with van der Waals surface area (Å²) in [5.41, 5.74) is 0. The maximum Gasteiger partial charge on any atom is 0.306 e. The second kappa shape index (κ2) is 8.37. The van der Waals surface area contributed by atoms with Gasteiger partial charge in [0.05, 0.1) is 0 Å². The Balaban J connectivity index is 1.90. The van der Waals surface area contributed by atoms with Crippen LogP contribution in [-0.4, -0.2) is 12.1 Å². The Morgan fingerprint density at radius 3 is 2.69 bits per heavy atom. The number of cyclic esters (lactones) is 1. The highest BCUT2D eigenvalue weighted by Crippen LogP contribution is 2.15. The van der Waals surface area contributed by atoms with E-state index in [0.29, 0.717) is 6.42 Å². The van der Waals surface area contributed by atoms with Crippen molar-refractivity contribution >= 4 is 5.97 Å². The lowest BCUT2D eigenvalue weighted by molar-refractivity contribution is -0.139. The zero-order valence-electron chi connectivity index (χ0n) is 10.4. The van der Waals surface area contributed by atoms with Crippen LogP contribution in [0.3, 0.4) is 0 Å². The van der Waals surface area contributed by atoms with Gasteiger partial charge in [-0.25, -0.2) is 0 Å². The summed E-state index contributed by atoms with van der Waals surface area (Å²) in [5.74, 6) is -0.0470. The molecule has 1 aliphatic rings. The number of unbranched alkanes of at least 4 members (excludes halogenated alkanes) is 6. The molecule has 2 nitrogen and oxygen atoms in total.